The third kappa shape index (κ3) is 2.85. The van der Waals surface area contributed by atoms with E-state index in [1.165, 1.54) is 19.3 Å². The third-order valence-corrected chi connectivity index (χ3v) is 5.36. The van der Waals surface area contributed by atoms with Crippen LogP contribution in [0.5, 0.6) is 0 Å². The van der Waals surface area contributed by atoms with Crippen molar-refractivity contribution in [3.05, 3.63) is 16.4 Å². The monoisotopic (exact) mass is 288 g/mol. The quantitative estimate of drug-likeness (QED) is 0.756. The van der Waals surface area contributed by atoms with E-state index in [1.807, 2.05) is 18.7 Å². The fourth-order valence-electron chi connectivity index (χ4n) is 3.06. The van der Waals surface area contributed by atoms with E-state index in [9.17, 15) is 0 Å². The highest BCUT2D eigenvalue weighted by atomic mass is 35.5. The molecule has 0 aromatic carbocycles. The van der Waals surface area contributed by atoms with Gasteiger partial charge in [-0.1, -0.05) is 24.9 Å². The maximum atomic E-state index is 6.49. The first-order valence-corrected chi connectivity index (χ1v) is 7.66. The van der Waals surface area contributed by atoms with Crippen LogP contribution in [0.3, 0.4) is 0 Å². The van der Waals surface area contributed by atoms with Crippen molar-refractivity contribution in [2.45, 2.75) is 51.3 Å². The highest BCUT2D eigenvalue weighted by Crippen LogP contribution is 2.37. The Morgan fingerprint density at radius 2 is 2.11 bits per heavy atom. The molecule has 0 aliphatic heterocycles. The smallest absolute Gasteiger partial charge is 0.0847 e. The predicted molar refractivity (Wildman–Crippen MR) is 77.4 cm³/mol. The fraction of sp³-hybridized carbons (Fsp3) is 0.786. The molecule has 1 aromatic rings. The zero-order valence-electron chi connectivity index (χ0n) is 11.4. The van der Waals surface area contributed by atoms with Crippen LogP contribution in [-0.2, 0) is 13.5 Å². The van der Waals surface area contributed by atoms with E-state index in [2.05, 4.69) is 12.0 Å². The van der Waals surface area contributed by atoms with E-state index in [-0.39, 0.29) is 0 Å². The maximum absolute atomic E-state index is 6.49. The summed E-state index contributed by atoms with van der Waals surface area (Å²) in [4.78, 5) is 0. The lowest BCUT2D eigenvalue weighted by Gasteiger charge is -2.32. The van der Waals surface area contributed by atoms with Crippen molar-refractivity contribution in [1.29, 1.82) is 0 Å². The number of aromatic nitrogens is 2. The normalized spacial score (nSPS) is 28.6. The Balaban J connectivity index is 2.11. The van der Waals surface area contributed by atoms with Crippen LogP contribution in [-0.4, -0.2) is 15.2 Å². The standard InChI is InChI=1S/C14H22Cl2N2/c1-4-10-5-6-12(15)11(7-10)8-13-14(16)9(2)17-18(13)3/h10-12H,4-8H2,1-3H3. The lowest BCUT2D eigenvalue weighted by Crippen LogP contribution is -2.27. The molecule has 1 aliphatic carbocycles. The van der Waals surface area contributed by atoms with E-state index >= 15 is 0 Å². The average Bonchev–Trinajstić information content (AvgIpc) is 2.58. The average molecular weight is 289 g/mol. The van der Waals surface area contributed by atoms with Crippen LogP contribution >= 0.6 is 23.2 Å². The van der Waals surface area contributed by atoms with Crippen LogP contribution in [0.25, 0.3) is 0 Å². The van der Waals surface area contributed by atoms with E-state index in [0.29, 0.717) is 11.3 Å². The molecule has 0 N–H and O–H groups in total. The van der Waals surface area contributed by atoms with Crippen LogP contribution in [0.1, 0.15) is 44.0 Å². The third-order valence-electron chi connectivity index (χ3n) is 4.29. The molecular weight excluding hydrogens is 267 g/mol. The molecule has 2 nitrogen and oxygen atoms in total. The highest BCUT2D eigenvalue weighted by molar-refractivity contribution is 6.31. The highest BCUT2D eigenvalue weighted by Gasteiger charge is 2.30. The van der Waals surface area contributed by atoms with Crippen molar-refractivity contribution < 1.29 is 0 Å². The van der Waals surface area contributed by atoms with Crippen LogP contribution < -0.4 is 0 Å². The minimum absolute atomic E-state index is 0.291. The Bertz CT molecular complexity index is 414. The van der Waals surface area contributed by atoms with Crippen LogP contribution in [0.15, 0.2) is 0 Å². The SMILES string of the molecule is CCC1CCC(Cl)C(Cc2c(Cl)c(C)nn2C)C1. The zero-order chi connectivity index (χ0) is 13.3. The molecule has 1 saturated carbocycles. The van der Waals surface area contributed by atoms with Crippen molar-refractivity contribution in [3.63, 3.8) is 0 Å². The second-order valence-corrected chi connectivity index (χ2v) is 6.48. The van der Waals surface area contributed by atoms with Crippen molar-refractivity contribution in [2.24, 2.45) is 18.9 Å². The number of halogens is 2. The van der Waals surface area contributed by atoms with Gasteiger partial charge in [0.05, 0.1) is 16.4 Å². The summed E-state index contributed by atoms with van der Waals surface area (Å²) < 4.78 is 1.91. The van der Waals surface area contributed by atoms with E-state index in [4.69, 9.17) is 23.2 Å². The molecule has 2 rings (SSSR count). The van der Waals surface area contributed by atoms with Gasteiger partial charge in [-0.2, -0.15) is 5.10 Å². The first-order valence-electron chi connectivity index (χ1n) is 6.85. The molecule has 3 unspecified atom stereocenters. The summed E-state index contributed by atoms with van der Waals surface area (Å²) >= 11 is 12.8. The molecular formula is C14H22Cl2N2. The molecule has 0 spiro atoms. The molecule has 0 saturated heterocycles. The first kappa shape index (κ1) is 14.2. The molecule has 1 heterocycles. The minimum Gasteiger partial charge on any atom is -0.271 e. The van der Waals surface area contributed by atoms with Gasteiger partial charge in [0.1, 0.15) is 0 Å². The van der Waals surface area contributed by atoms with Gasteiger partial charge in [0.15, 0.2) is 0 Å². The van der Waals surface area contributed by atoms with Crippen molar-refractivity contribution in [3.8, 4) is 0 Å². The Hall–Kier alpha value is -0.210. The molecule has 1 fully saturated rings. The van der Waals surface area contributed by atoms with Gasteiger partial charge in [-0.05, 0) is 44.4 Å². The second-order valence-electron chi connectivity index (χ2n) is 5.54. The Morgan fingerprint density at radius 3 is 2.67 bits per heavy atom. The van der Waals surface area contributed by atoms with Gasteiger partial charge in [-0.25, -0.2) is 0 Å². The first-order chi connectivity index (χ1) is 8.52. The number of nitrogens with zero attached hydrogens (tertiary/aromatic N) is 2. The fourth-order valence-corrected chi connectivity index (χ4v) is 3.61. The van der Waals surface area contributed by atoms with Crippen molar-refractivity contribution >= 4 is 23.2 Å². The molecule has 0 radical (unpaired) electrons. The van der Waals surface area contributed by atoms with Crippen LogP contribution in [0, 0.1) is 18.8 Å². The van der Waals surface area contributed by atoms with Gasteiger partial charge in [-0.15, -0.1) is 11.6 Å². The van der Waals surface area contributed by atoms with Crippen molar-refractivity contribution in [2.75, 3.05) is 0 Å². The second kappa shape index (κ2) is 5.83. The molecule has 18 heavy (non-hydrogen) atoms. The van der Waals surface area contributed by atoms with Gasteiger partial charge in [-0.3, -0.25) is 4.68 Å². The zero-order valence-corrected chi connectivity index (χ0v) is 12.9. The lowest BCUT2D eigenvalue weighted by atomic mass is 9.78. The van der Waals surface area contributed by atoms with Gasteiger partial charge in [0.2, 0.25) is 0 Å². The number of hydrogen-bond donors (Lipinski definition) is 0. The van der Waals surface area contributed by atoms with E-state index in [0.717, 1.165) is 35.2 Å². The number of aryl methyl sites for hydroxylation is 2. The van der Waals surface area contributed by atoms with Crippen LogP contribution in [0.2, 0.25) is 5.02 Å². The molecule has 3 atom stereocenters. The molecule has 0 amide bonds. The molecule has 1 aromatic heterocycles. The summed E-state index contributed by atoms with van der Waals surface area (Å²) in [5.41, 5.74) is 2.06. The van der Waals surface area contributed by atoms with Gasteiger partial charge < -0.3 is 0 Å². The summed E-state index contributed by atoms with van der Waals surface area (Å²) in [6.07, 6.45) is 5.86. The maximum Gasteiger partial charge on any atom is 0.0847 e. The van der Waals surface area contributed by atoms with Gasteiger partial charge in [0, 0.05) is 12.4 Å². The topological polar surface area (TPSA) is 17.8 Å². The van der Waals surface area contributed by atoms with E-state index < -0.39 is 0 Å². The lowest BCUT2D eigenvalue weighted by molar-refractivity contribution is 0.262. The number of hydrogen-bond acceptors (Lipinski definition) is 1. The summed E-state index contributed by atoms with van der Waals surface area (Å²) in [7, 11) is 1.97. The van der Waals surface area contributed by atoms with E-state index in [1.54, 1.807) is 0 Å². The van der Waals surface area contributed by atoms with Gasteiger partial charge in [0.25, 0.3) is 0 Å². The van der Waals surface area contributed by atoms with Crippen molar-refractivity contribution in [1.82, 2.24) is 9.78 Å². The predicted octanol–water partition coefficient (Wildman–Crippen LogP) is 4.36. The number of alkyl halides is 1. The van der Waals surface area contributed by atoms with Gasteiger partial charge >= 0.3 is 0 Å². The molecule has 0 bridgehead atoms. The Labute approximate surface area is 120 Å². The minimum atomic E-state index is 0.291. The summed E-state index contributed by atoms with van der Waals surface area (Å²) in [6, 6.07) is 0. The molecule has 102 valence electrons. The van der Waals surface area contributed by atoms with Crippen LogP contribution in [0.4, 0.5) is 0 Å². The largest absolute Gasteiger partial charge is 0.271 e. The number of rotatable bonds is 3. The summed E-state index contributed by atoms with van der Waals surface area (Å²) in [6.45, 7) is 4.23. The Morgan fingerprint density at radius 1 is 1.39 bits per heavy atom. The molecule has 1 aliphatic rings. The molecule has 4 heteroatoms. The summed E-state index contributed by atoms with van der Waals surface area (Å²) in [5, 5.41) is 5.49. The summed E-state index contributed by atoms with van der Waals surface area (Å²) in [5.74, 6) is 1.37. The Kier molecular flexibility index (Phi) is 4.60.